The van der Waals surface area contributed by atoms with Gasteiger partial charge in [0.05, 0.1) is 12.5 Å². The van der Waals surface area contributed by atoms with Crippen LogP contribution in [0.2, 0.25) is 10.0 Å². The number of halogens is 2. The predicted molar refractivity (Wildman–Crippen MR) is 82.3 cm³/mol. The van der Waals surface area contributed by atoms with Gasteiger partial charge in [0, 0.05) is 30.2 Å². The topological polar surface area (TPSA) is 64.3 Å². The van der Waals surface area contributed by atoms with Gasteiger partial charge in [0.2, 0.25) is 5.91 Å². The number of nitrogens with two attached hydrogens (primary N) is 1. The van der Waals surface area contributed by atoms with Crippen LogP contribution in [-0.4, -0.2) is 32.2 Å². The van der Waals surface area contributed by atoms with E-state index in [0.29, 0.717) is 23.1 Å². The predicted octanol–water partition coefficient (Wildman–Crippen LogP) is 2.41. The van der Waals surface area contributed by atoms with Crippen LogP contribution in [-0.2, 0) is 16.0 Å². The highest BCUT2D eigenvalue weighted by molar-refractivity contribution is 6.35. The third-order valence-corrected chi connectivity index (χ3v) is 3.56. The highest BCUT2D eigenvalue weighted by atomic mass is 35.5. The van der Waals surface area contributed by atoms with E-state index in [2.05, 4.69) is 5.32 Å². The molecule has 20 heavy (non-hydrogen) atoms. The molecule has 0 bridgehead atoms. The molecule has 1 amide bonds. The Kier molecular flexibility index (Phi) is 7.92. The zero-order valence-corrected chi connectivity index (χ0v) is 13.0. The van der Waals surface area contributed by atoms with Crippen LogP contribution in [0.15, 0.2) is 18.2 Å². The van der Waals surface area contributed by atoms with E-state index in [-0.39, 0.29) is 18.4 Å². The van der Waals surface area contributed by atoms with Crippen LogP contribution in [0, 0.1) is 0 Å². The van der Waals surface area contributed by atoms with Gasteiger partial charge in [-0.05, 0) is 30.5 Å². The molecular formula is C14H20Cl2N2O2. The van der Waals surface area contributed by atoms with Crippen LogP contribution >= 0.6 is 23.2 Å². The van der Waals surface area contributed by atoms with Crippen LogP contribution in [0.4, 0.5) is 0 Å². The van der Waals surface area contributed by atoms with E-state index in [1.165, 1.54) is 0 Å². The highest BCUT2D eigenvalue weighted by Crippen LogP contribution is 2.21. The van der Waals surface area contributed by atoms with E-state index in [9.17, 15) is 4.79 Å². The molecule has 112 valence electrons. The maximum Gasteiger partial charge on any atom is 0.222 e. The Labute approximate surface area is 129 Å². The van der Waals surface area contributed by atoms with Gasteiger partial charge >= 0.3 is 0 Å². The van der Waals surface area contributed by atoms with Gasteiger partial charge in [-0.1, -0.05) is 29.3 Å². The molecule has 0 fully saturated rings. The molecule has 0 radical (unpaired) electrons. The summed E-state index contributed by atoms with van der Waals surface area (Å²) in [5, 5.41) is 4.12. The second kappa shape index (κ2) is 9.19. The van der Waals surface area contributed by atoms with Gasteiger partial charge in [0.15, 0.2) is 0 Å². The monoisotopic (exact) mass is 318 g/mol. The van der Waals surface area contributed by atoms with E-state index < -0.39 is 0 Å². The molecule has 0 aliphatic heterocycles. The van der Waals surface area contributed by atoms with Gasteiger partial charge in [-0.15, -0.1) is 0 Å². The van der Waals surface area contributed by atoms with Crippen LogP contribution in [0.25, 0.3) is 0 Å². The number of hydrogen-bond acceptors (Lipinski definition) is 3. The first-order valence-electron chi connectivity index (χ1n) is 6.50. The molecule has 0 aliphatic rings. The van der Waals surface area contributed by atoms with Crippen molar-refractivity contribution in [1.29, 1.82) is 0 Å². The Morgan fingerprint density at radius 2 is 2.20 bits per heavy atom. The van der Waals surface area contributed by atoms with E-state index >= 15 is 0 Å². The van der Waals surface area contributed by atoms with Crippen LogP contribution in [0.5, 0.6) is 0 Å². The Bertz CT molecular complexity index is 437. The third kappa shape index (κ3) is 6.09. The lowest BCUT2D eigenvalue weighted by molar-refractivity contribution is -0.123. The minimum atomic E-state index is -0.222. The average Bonchev–Trinajstić information content (AvgIpc) is 2.42. The summed E-state index contributed by atoms with van der Waals surface area (Å²) in [4.78, 5) is 11.6. The summed E-state index contributed by atoms with van der Waals surface area (Å²) >= 11 is 11.9. The number of aryl methyl sites for hydroxylation is 1. The fraction of sp³-hybridized carbons (Fsp3) is 0.500. The smallest absolute Gasteiger partial charge is 0.222 e. The van der Waals surface area contributed by atoms with Gasteiger partial charge in [-0.25, -0.2) is 0 Å². The summed E-state index contributed by atoms with van der Waals surface area (Å²) in [6.07, 6.45) is 1.67. The van der Waals surface area contributed by atoms with E-state index in [1.54, 1.807) is 13.2 Å². The zero-order chi connectivity index (χ0) is 15.0. The molecular weight excluding hydrogens is 299 g/mol. The summed E-state index contributed by atoms with van der Waals surface area (Å²) in [6.45, 7) is 0.934. The second-order valence-electron chi connectivity index (χ2n) is 4.49. The molecule has 1 aromatic carbocycles. The molecule has 1 unspecified atom stereocenters. The number of carbonyl (C=O) groups excluding carboxylic acids is 1. The lowest BCUT2D eigenvalue weighted by atomic mass is 10.1. The number of rotatable bonds is 8. The van der Waals surface area contributed by atoms with Crippen molar-refractivity contribution in [3.8, 4) is 0 Å². The second-order valence-corrected chi connectivity index (χ2v) is 5.33. The van der Waals surface area contributed by atoms with Crippen molar-refractivity contribution in [2.24, 2.45) is 5.73 Å². The standard InChI is InChI=1S/C14H20Cl2N2O2/c1-20-12(9-17)8-14(19)18-6-2-3-10-4-5-11(15)7-13(10)16/h4-5,7,12H,2-3,6,8-9,17H2,1H3,(H,18,19). The van der Waals surface area contributed by atoms with Crippen molar-refractivity contribution in [2.75, 3.05) is 20.2 Å². The first-order valence-corrected chi connectivity index (χ1v) is 7.26. The Morgan fingerprint density at radius 1 is 1.45 bits per heavy atom. The van der Waals surface area contributed by atoms with Crippen molar-refractivity contribution in [1.82, 2.24) is 5.32 Å². The van der Waals surface area contributed by atoms with E-state index in [1.807, 2.05) is 12.1 Å². The minimum Gasteiger partial charge on any atom is -0.380 e. The molecule has 0 aromatic heterocycles. The SMILES string of the molecule is COC(CN)CC(=O)NCCCc1ccc(Cl)cc1Cl. The molecule has 1 atom stereocenters. The highest BCUT2D eigenvalue weighted by Gasteiger charge is 2.10. The molecule has 0 aliphatic carbocycles. The zero-order valence-electron chi connectivity index (χ0n) is 11.5. The molecule has 1 rings (SSSR count). The van der Waals surface area contributed by atoms with Gasteiger partial charge in [0.25, 0.3) is 0 Å². The largest absolute Gasteiger partial charge is 0.380 e. The van der Waals surface area contributed by atoms with E-state index in [0.717, 1.165) is 18.4 Å². The maximum atomic E-state index is 11.6. The Hall–Kier alpha value is -0.810. The first-order chi connectivity index (χ1) is 9.56. The number of nitrogens with one attached hydrogen (secondary N) is 1. The van der Waals surface area contributed by atoms with Crippen molar-refractivity contribution in [3.05, 3.63) is 33.8 Å². The number of amides is 1. The minimum absolute atomic E-state index is 0.0514. The molecule has 0 heterocycles. The van der Waals surface area contributed by atoms with Crippen molar-refractivity contribution in [2.45, 2.75) is 25.4 Å². The number of ether oxygens (including phenoxy) is 1. The molecule has 4 nitrogen and oxygen atoms in total. The van der Waals surface area contributed by atoms with Gasteiger partial charge in [0.1, 0.15) is 0 Å². The lowest BCUT2D eigenvalue weighted by Crippen LogP contribution is -2.32. The van der Waals surface area contributed by atoms with E-state index in [4.69, 9.17) is 33.7 Å². The molecule has 1 aromatic rings. The normalized spacial score (nSPS) is 12.2. The van der Waals surface area contributed by atoms with Crippen molar-refractivity contribution < 1.29 is 9.53 Å². The molecule has 0 saturated heterocycles. The Balaban J connectivity index is 2.26. The van der Waals surface area contributed by atoms with Gasteiger partial charge in [-0.2, -0.15) is 0 Å². The molecule has 0 saturated carbocycles. The van der Waals surface area contributed by atoms with Crippen molar-refractivity contribution in [3.63, 3.8) is 0 Å². The van der Waals surface area contributed by atoms with Crippen molar-refractivity contribution >= 4 is 29.1 Å². The van der Waals surface area contributed by atoms with Crippen LogP contribution < -0.4 is 11.1 Å². The summed E-state index contributed by atoms with van der Waals surface area (Å²) in [5.74, 6) is -0.0514. The number of hydrogen-bond donors (Lipinski definition) is 2. The fourth-order valence-corrected chi connectivity index (χ4v) is 2.28. The fourth-order valence-electron chi connectivity index (χ4n) is 1.77. The summed E-state index contributed by atoms with van der Waals surface area (Å²) in [6, 6.07) is 5.44. The lowest BCUT2D eigenvalue weighted by Gasteiger charge is -2.12. The number of methoxy groups -OCH3 is 1. The summed E-state index contributed by atoms with van der Waals surface area (Å²) < 4.78 is 5.06. The van der Waals surface area contributed by atoms with Gasteiger partial charge in [-0.3, -0.25) is 4.79 Å². The maximum absolute atomic E-state index is 11.6. The first kappa shape index (κ1) is 17.2. The molecule has 3 N–H and O–H groups in total. The average molecular weight is 319 g/mol. The molecule has 0 spiro atoms. The summed E-state index contributed by atoms with van der Waals surface area (Å²) in [7, 11) is 1.55. The van der Waals surface area contributed by atoms with Gasteiger partial charge < -0.3 is 15.8 Å². The summed E-state index contributed by atoms with van der Waals surface area (Å²) in [5.41, 5.74) is 6.49. The quantitative estimate of drug-likeness (QED) is 0.723. The van der Waals surface area contributed by atoms with Crippen LogP contribution in [0.3, 0.4) is 0 Å². The number of benzene rings is 1. The Morgan fingerprint density at radius 3 is 2.80 bits per heavy atom. The number of carbonyl (C=O) groups is 1. The van der Waals surface area contributed by atoms with Crippen LogP contribution in [0.1, 0.15) is 18.4 Å². The molecule has 6 heteroatoms. The third-order valence-electron chi connectivity index (χ3n) is 2.97.